The molecule has 4 aromatic carbocycles. The van der Waals surface area contributed by atoms with Crippen LogP contribution < -0.4 is 13.7 Å². The van der Waals surface area contributed by atoms with Crippen molar-refractivity contribution in [1.82, 2.24) is 0 Å². The van der Waals surface area contributed by atoms with E-state index in [0.29, 0.717) is 0 Å². The summed E-state index contributed by atoms with van der Waals surface area (Å²) >= 11 is -1.93. The van der Waals surface area contributed by atoms with E-state index in [1.807, 2.05) is 0 Å². The van der Waals surface area contributed by atoms with Crippen molar-refractivity contribution in [3.63, 3.8) is 0 Å². The van der Waals surface area contributed by atoms with Gasteiger partial charge in [0.15, 0.2) is 0 Å². The Hall–Kier alpha value is -2.85. The third-order valence-corrected chi connectivity index (χ3v) is 11.1. The number of hydrogen-bond acceptors (Lipinski definition) is 1. The predicted molar refractivity (Wildman–Crippen MR) is 133 cm³/mol. The molecule has 1 aliphatic rings. The van der Waals surface area contributed by atoms with Gasteiger partial charge in [0.1, 0.15) is 0 Å². The van der Waals surface area contributed by atoms with E-state index in [-0.39, 0.29) is 0 Å². The summed E-state index contributed by atoms with van der Waals surface area (Å²) in [6, 6.07) is 22.3. The van der Waals surface area contributed by atoms with Gasteiger partial charge >= 0.3 is 186 Å². The number of fused-ring (bicyclic) bond motifs is 5. The molecule has 0 aliphatic carbocycles. The quantitative estimate of drug-likeness (QED) is 0.152. The molecule has 6 rings (SSSR count). The van der Waals surface area contributed by atoms with Crippen molar-refractivity contribution in [3.05, 3.63) is 72.4 Å². The van der Waals surface area contributed by atoms with Gasteiger partial charge in [-0.3, -0.25) is 0 Å². The molecule has 0 bridgehead atoms. The molecule has 1 aromatic heterocycles. The van der Waals surface area contributed by atoms with Crippen LogP contribution in [-0.4, -0.2) is 13.3 Å². The SMILES string of the molecule is Cc1c2c(cc3ccccc13)Oc1cc3cc[c]([Ge]([CH3])([CH3])[CH3])cc3c3cc[n+](C)c-2c13. The average Bonchev–Trinajstić information content (AvgIpc) is 2.74. The zero-order chi connectivity index (χ0) is 21.5. The van der Waals surface area contributed by atoms with Gasteiger partial charge in [0.2, 0.25) is 0 Å². The van der Waals surface area contributed by atoms with E-state index in [2.05, 4.69) is 103 Å². The van der Waals surface area contributed by atoms with Gasteiger partial charge in [-0.2, -0.15) is 0 Å². The first-order valence-corrected chi connectivity index (χ1v) is 18.3. The Kier molecular flexibility index (Phi) is 3.86. The molecule has 152 valence electrons. The Morgan fingerprint density at radius 2 is 1.52 bits per heavy atom. The minimum absolute atomic E-state index is 0.951. The Morgan fingerprint density at radius 3 is 2.32 bits per heavy atom. The average molecular weight is 465 g/mol. The molecular formula is C28H26GeNO+. The second kappa shape index (κ2) is 6.33. The minimum atomic E-state index is -1.93. The molecule has 0 fully saturated rings. The molecule has 0 N–H and O–H groups in total. The van der Waals surface area contributed by atoms with Crippen molar-refractivity contribution >= 4 is 50.0 Å². The molecule has 0 saturated heterocycles. The summed E-state index contributed by atoms with van der Waals surface area (Å²) in [5.74, 6) is 9.29. The molecule has 0 amide bonds. The second-order valence-corrected chi connectivity index (χ2v) is 20.5. The van der Waals surface area contributed by atoms with Crippen molar-refractivity contribution in [2.24, 2.45) is 7.05 Å². The predicted octanol–water partition coefficient (Wildman–Crippen LogP) is 6.60. The Labute approximate surface area is 185 Å². The summed E-state index contributed by atoms with van der Waals surface area (Å²) in [4.78, 5) is 0. The first-order chi connectivity index (χ1) is 14.8. The molecule has 5 aromatic rings. The monoisotopic (exact) mass is 466 g/mol. The summed E-state index contributed by atoms with van der Waals surface area (Å²) in [7, 11) is 2.15. The maximum absolute atomic E-state index is 6.60. The molecule has 1 aliphatic heterocycles. The molecule has 0 spiro atoms. The zero-order valence-corrected chi connectivity index (χ0v) is 20.8. The number of benzene rings is 4. The van der Waals surface area contributed by atoms with Gasteiger partial charge in [0.25, 0.3) is 0 Å². The van der Waals surface area contributed by atoms with E-state index in [0.717, 1.165) is 11.5 Å². The van der Waals surface area contributed by atoms with E-state index >= 15 is 0 Å². The standard InChI is InChI=1S/C28H26GeNO/c1-17-21-9-7-6-8-18(21)14-24-26(17)28-27-22(12-13-30(28)5)23-16-20(29(2,3)4)11-10-19(23)15-25(27)31-24/h6-16H,1-5H3/q+1. The second-order valence-electron chi connectivity index (χ2n) is 9.82. The first kappa shape index (κ1) is 18.9. The molecular weight excluding hydrogens is 439 g/mol. The van der Waals surface area contributed by atoms with Crippen LogP contribution in [0.3, 0.4) is 0 Å². The van der Waals surface area contributed by atoms with Crippen molar-refractivity contribution in [2.75, 3.05) is 0 Å². The number of aromatic nitrogens is 1. The van der Waals surface area contributed by atoms with E-state index in [4.69, 9.17) is 4.74 Å². The third-order valence-electron chi connectivity index (χ3n) is 6.80. The van der Waals surface area contributed by atoms with Crippen molar-refractivity contribution in [1.29, 1.82) is 0 Å². The van der Waals surface area contributed by atoms with Gasteiger partial charge < -0.3 is 0 Å². The van der Waals surface area contributed by atoms with E-state index in [1.54, 1.807) is 0 Å². The first-order valence-electron chi connectivity index (χ1n) is 10.9. The summed E-state index contributed by atoms with van der Waals surface area (Å²) in [5, 5.41) is 7.60. The van der Waals surface area contributed by atoms with Crippen molar-refractivity contribution in [3.8, 4) is 22.8 Å². The fourth-order valence-corrected chi connectivity index (χ4v) is 7.52. The van der Waals surface area contributed by atoms with Crippen LogP contribution in [0.1, 0.15) is 5.56 Å². The molecule has 31 heavy (non-hydrogen) atoms. The van der Waals surface area contributed by atoms with Gasteiger partial charge in [0, 0.05) is 0 Å². The van der Waals surface area contributed by atoms with Gasteiger partial charge in [-0.1, -0.05) is 0 Å². The van der Waals surface area contributed by atoms with Crippen molar-refractivity contribution in [2.45, 2.75) is 24.2 Å². The number of rotatable bonds is 1. The van der Waals surface area contributed by atoms with E-state index in [9.17, 15) is 0 Å². The summed E-state index contributed by atoms with van der Waals surface area (Å²) < 4.78 is 10.4. The van der Waals surface area contributed by atoms with Crippen LogP contribution in [0.25, 0.3) is 43.6 Å². The number of aryl methyl sites for hydroxylation is 2. The summed E-state index contributed by atoms with van der Waals surface area (Å²) in [5.41, 5.74) is 3.74. The van der Waals surface area contributed by atoms with Crippen LogP contribution in [0.5, 0.6) is 11.5 Å². The summed E-state index contributed by atoms with van der Waals surface area (Å²) in [6.45, 7) is 2.22. The van der Waals surface area contributed by atoms with Crippen LogP contribution in [-0.2, 0) is 7.05 Å². The van der Waals surface area contributed by atoms with Crippen molar-refractivity contribution < 1.29 is 9.30 Å². The molecule has 0 radical (unpaired) electrons. The molecule has 3 heteroatoms. The zero-order valence-electron chi connectivity index (χ0n) is 18.7. The fourth-order valence-electron chi connectivity index (χ4n) is 5.09. The van der Waals surface area contributed by atoms with Crippen LogP contribution in [0.2, 0.25) is 17.3 Å². The van der Waals surface area contributed by atoms with Crippen LogP contribution >= 0.6 is 0 Å². The Morgan fingerprint density at radius 1 is 0.774 bits per heavy atom. The summed E-state index contributed by atoms with van der Waals surface area (Å²) in [6.07, 6.45) is 2.20. The maximum atomic E-state index is 6.60. The molecule has 2 nitrogen and oxygen atoms in total. The third kappa shape index (κ3) is 2.67. The number of pyridine rings is 1. The van der Waals surface area contributed by atoms with E-state index < -0.39 is 13.3 Å². The van der Waals surface area contributed by atoms with E-state index in [1.165, 1.54) is 53.5 Å². The Balaban J connectivity index is 1.78. The normalized spacial score (nSPS) is 12.9. The van der Waals surface area contributed by atoms with Crippen LogP contribution in [0.4, 0.5) is 0 Å². The van der Waals surface area contributed by atoms with Gasteiger partial charge in [-0.25, -0.2) is 0 Å². The van der Waals surface area contributed by atoms with Crippen LogP contribution in [0, 0.1) is 6.92 Å². The van der Waals surface area contributed by atoms with Gasteiger partial charge in [0.05, 0.1) is 0 Å². The molecule has 0 unspecified atom stereocenters. The molecule has 2 heterocycles. The molecule has 0 atom stereocenters. The van der Waals surface area contributed by atoms with Gasteiger partial charge in [-0.15, -0.1) is 0 Å². The molecule has 0 saturated carbocycles. The number of hydrogen-bond donors (Lipinski definition) is 0. The fraction of sp³-hybridized carbons (Fsp3) is 0.179. The topological polar surface area (TPSA) is 13.1 Å². The van der Waals surface area contributed by atoms with Gasteiger partial charge in [-0.05, 0) is 0 Å². The Bertz CT molecular complexity index is 1560. The number of ether oxygens (including phenoxy) is 1. The number of nitrogens with zero attached hydrogens (tertiary/aromatic N) is 1. The van der Waals surface area contributed by atoms with Crippen LogP contribution in [0.15, 0.2) is 66.9 Å².